The number of ether oxygens (including phenoxy) is 1. The van der Waals surface area contributed by atoms with Crippen LogP contribution in [0, 0.1) is 6.92 Å². The molecule has 0 saturated carbocycles. The molecule has 0 radical (unpaired) electrons. The Labute approximate surface area is 104 Å². The molecule has 0 bridgehead atoms. The zero-order valence-electron chi connectivity index (χ0n) is 9.33. The van der Waals surface area contributed by atoms with Crippen LogP contribution in [0.15, 0.2) is 30.5 Å². The smallest absolute Gasteiger partial charge is 0.143 e. The van der Waals surface area contributed by atoms with Crippen LogP contribution in [0.4, 0.5) is 11.5 Å². The maximum atomic E-state index is 6.13. The van der Waals surface area contributed by atoms with E-state index in [0.717, 1.165) is 22.8 Å². The van der Waals surface area contributed by atoms with Gasteiger partial charge in [0, 0.05) is 6.20 Å². The van der Waals surface area contributed by atoms with Crippen LogP contribution in [0.5, 0.6) is 5.75 Å². The summed E-state index contributed by atoms with van der Waals surface area (Å²) in [5.41, 5.74) is 2.99. The Balaban J connectivity index is 2.12. The van der Waals surface area contributed by atoms with Crippen molar-refractivity contribution in [2.45, 2.75) is 13.5 Å². The van der Waals surface area contributed by atoms with Gasteiger partial charge in [-0.3, -0.25) is 0 Å². The van der Waals surface area contributed by atoms with E-state index in [1.54, 1.807) is 12.3 Å². The number of hydrogen-bond donors (Lipinski definition) is 1. The van der Waals surface area contributed by atoms with Gasteiger partial charge >= 0.3 is 0 Å². The number of nitrogens with zero attached hydrogens (tertiary/aromatic N) is 1. The first-order valence-corrected chi connectivity index (χ1v) is 5.76. The van der Waals surface area contributed by atoms with Gasteiger partial charge in [-0.25, -0.2) is 4.98 Å². The number of halogens is 1. The second-order valence-corrected chi connectivity index (χ2v) is 4.44. The molecule has 3 rings (SSSR count). The summed E-state index contributed by atoms with van der Waals surface area (Å²) >= 11 is 6.13. The molecule has 1 aliphatic heterocycles. The molecule has 0 atom stereocenters. The quantitative estimate of drug-likeness (QED) is 0.770. The van der Waals surface area contributed by atoms with Gasteiger partial charge in [-0.2, -0.15) is 0 Å². The Morgan fingerprint density at radius 1 is 1.35 bits per heavy atom. The second kappa shape index (κ2) is 3.93. The van der Waals surface area contributed by atoms with Gasteiger partial charge in [0.2, 0.25) is 0 Å². The zero-order valence-corrected chi connectivity index (χ0v) is 10.1. The highest BCUT2D eigenvalue weighted by molar-refractivity contribution is 6.31. The fraction of sp³-hybridized carbons (Fsp3) is 0.154. The van der Waals surface area contributed by atoms with Crippen LogP contribution in [-0.2, 0) is 6.61 Å². The molecule has 1 aliphatic rings. The predicted molar refractivity (Wildman–Crippen MR) is 68.0 cm³/mol. The number of aromatic nitrogens is 1. The molecular formula is C13H11ClN2O. The summed E-state index contributed by atoms with van der Waals surface area (Å²) in [7, 11) is 0. The van der Waals surface area contributed by atoms with E-state index in [4.69, 9.17) is 16.3 Å². The number of aryl methyl sites for hydroxylation is 1. The van der Waals surface area contributed by atoms with Crippen LogP contribution < -0.4 is 10.1 Å². The van der Waals surface area contributed by atoms with Crippen LogP contribution in [-0.4, -0.2) is 4.98 Å². The van der Waals surface area contributed by atoms with E-state index in [1.165, 1.54) is 5.56 Å². The summed E-state index contributed by atoms with van der Waals surface area (Å²) < 4.78 is 5.72. The average Bonchev–Trinajstić information content (AvgIpc) is 2.48. The average molecular weight is 247 g/mol. The summed E-state index contributed by atoms with van der Waals surface area (Å²) in [5, 5.41) is 3.94. The first-order valence-electron chi connectivity index (χ1n) is 5.38. The third kappa shape index (κ3) is 1.83. The minimum absolute atomic E-state index is 0.436. The number of pyridine rings is 1. The normalized spacial score (nSPS) is 12.8. The Hall–Kier alpha value is -1.74. The highest BCUT2D eigenvalue weighted by Crippen LogP contribution is 2.35. The van der Waals surface area contributed by atoms with Crippen molar-refractivity contribution < 1.29 is 4.74 Å². The first kappa shape index (κ1) is 10.4. The molecule has 0 amide bonds. The van der Waals surface area contributed by atoms with Crippen molar-refractivity contribution in [3.8, 4) is 5.75 Å². The lowest BCUT2D eigenvalue weighted by molar-refractivity contribution is 0.310. The van der Waals surface area contributed by atoms with Gasteiger partial charge in [-0.05, 0) is 30.7 Å². The Bertz CT molecular complexity index is 584. The van der Waals surface area contributed by atoms with Gasteiger partial charge in [-0.15, -0.1) is 0 Å². The van der Waals surface area contributed by atoms with E-state index in [9.17, 15) is 0 Å². The van der Waals surface area contributed by atoms with Crippen molar-refractivity contribution in [3.63, 3.8) is 0 Å². The molecule has 0 aliphatic carbocycles. The largest absolute Gasteiger partial charge is 0.487 e. The third-order valence-electron chi connectivity index (χ3n) is 2.76. The van der Waals surface area contributed by atoms with Gasteiger partial charge in [0.25, 0.3) is 0 Å². The van der Waals surface area contributed by atoms with Crippen LogP contribution in [0.25, 0.3) is 0 Å². The van der Waals surface area contributed by atoms with Crippen molar-refractivity contribution >= 4 is 23.1 Å². The molecule has 3 nitrogen and oxygen atoms in total. The number of nitrogens with one attached hydrogen (secondary N) is 1. The van der Waals surface area contributed by atoms with Crippen molar-refractivity contribution in [2.75, 3.05) is 5.32 Å². The van der Waals surface area contributed by atoms with Gasteiger partial charge < -0.3 is 10.1 Å². The number of fused-ring (bicyclic) bond motifs is 2. The molecule has 17 heavy (non-hydrogen) atoms. The first-order chi connectivity index (χ1) is 8.24. The summed E-state index contributed by atoms with van der Waals surface area (Å²) in [4.78, 5) is 4.29. The van der Waals surface area contributed by atoms with E-state index < -0.39 is 0 Å². The van der Waals surface area contributed by atoms with Crippen LogP contribution >= 0.6 is 11.6 Å². The Morgan fingerprint density at radius 3 is 3.12 bits per heavy atom. The van der Waals surface area contributed by atoms with E-state index >= 15 is 0 Å². The fourth-order valence-corrected chi connectivity index (χ4v) is 2.06. The molecule has 4 heteroatoms. The molecule has 1 N–H and O–H groups in total. The monoisotopic (exact) mass is 246 g/mol. The third-order valence-corrected chi connectivity index (χ3v) is 3.11. The van der Waals surface area contributed by atoms with Crippen molar-refractivity contribution in [1.29, 1.82) is 0 Å². The minimum Gasteiger partial charge on any atom is -0.487 e. The lowest BCUT2D eigenvalue weighted by Gasteiger charge is -2.08. The maximum absolute atomic E-state index is 6.13. The maximum Gasteiger partial charge on any atom is 0.143 e. The molecule has 1 aromatic carbocycles. The van der Waals surface area contributed by atoms with E-state index in [2.05, 4.69) is 10.3 Å². The standard InChI is InChI=1S/C13H11ClN2O/c1-8-2-3-12-11(6-8)16-13-9(7-17-12)10(14)4-5-15-13/h2-6H,7H2,1H3,(H,15,16). The highest BCUT2D eigenvalue weighted by atomic mass is 35.5. The Kier molecular flexibility index (Phi) is 2.41. The zero-order chi connectivity index (χ0) is 11.8. The Morgan fingerprint density at radius 2 is 2.24 bits per heavy atom. The van der Waals surface area contributed by atoms with E-state index in [-0.39, 0.29) is 0 Å². The molecule has 2 aromatic rings. The predicted octanol–water partition coefficient (Wildman–Crippen LogP) is 3.68. The van der Waals surface area contributed by atoms with E-state index in [0.29, 0.717) is 11.6 Å². The van der Waals surface area contributed by atoms with Crippen LogP contribution in [0.3, 0.4) is 0 Å². The molecule has 0 spiro atoms. The minimum atomic E-state index is 0.436. The number of rotatable bonds is 0. The molecular weight excluding hydrogens is 236 g/mol. The van der Waals surface area contributed by atoms with Crippen LogP contribution in [0.1, 0.15) is 11.1 Å². The summed E-state index contributed by atoms with van der Waals surface area (Å²) in [6, 6.07) is 7.78. The lowest BCUT2D eigenvalue weighted by atomic mass is 10.2. The van der Waals surface area contributed by atoms with E-state index in [1.807, 2.05) is 25.1 Å². The topological polar surface area (TPSA) is 34.2 Å². The van der Waals surface area contributed by atoms with Gasteiger partial charge in [0.05, 0.1) is 16.3 Å². The molecule has 86 valence electrons. The SMILES string of the molecule is Cc1ccc2c(c1)Nc1nccc(Cl)c1CO2. The van der Waals surface area contributed by atoms with Gasteiger partial charge in [-0.1, -0.05) is 17.7 Å². The van der Waals surface area contributed by atoms with Gasteiger partial charge in [0.1, 0.15) is 18.2 Å². The summed E-state index contributed by atoms with van der Waals surface area (Å²) in [6.45, 7) is 2.48. The number of benzene rings is 1. The molecule has 1 aromatic heterocycles. The summed E-state index contributed by atoms with van der Waals surface area (Å²) in [6.07, 6.45) is 1.69. The van der Waals surface area contributed by atoms with Crippen LogP contribution in [0.2, 0.25) is 5.02 Å². The fourth-order valence-electron chi connectivity index (χ4n) is 1.86. The van der Waals surface area contributed by atoms with Crippen molar-refractivity contribution in [3.05, 3.63) is 46.6 Å². The summed E-state index contributed by atoms with van der Waals surface area (Å²) in [5.74, 6) is 1.59. The molecule has 0 unspecified atom stereocenters. The molecule has 2 heterocycles. The number of hydrogen-bond acceptors (Lipinski definition) is 3. The molecule has 0 saturated heterocycles. The van der Waals surface area contributed by atoms with Crippen molar-refractivity contribution in [1.82, 2.24) is 4.98 Å². The number of anilines is 2. The molecule has 0 fully saturated rings. The van der Waals surface area contributed by atoms with Gasteiger partial charge in [0.15, 0.2) is 0 Å². The highest BCUT2D eigenvalue weighted by Gasteiger charge is 2.16. The lowest BCUT2D eigenvalue weighted by Crippen LogP contribution is -1.97. The van der Waals surface area contributed by atoms with Crippen molar-refractivity contribution in [2.24, 2.45) is 0 Å². The second-order valence-electron chi connectivity index (χ2n) is 4.03.